The van der Waals surface area contributed by atoms with Gasteiger partial charge < -0.3 is 10.2 Å². The van der Waals surface area contributed by atoms with Crippen LogP contribution in [0.15, 0.2) is 12.2 Å². The summed E-state index contributed by atoms with van der Waals surface area (Å²) in [6.07, 6.45) is 13.1. The first kappa shape index (κ1) is 15.2. The smallest absolute Gasteiger partial charge is 0.0687 e. The van der Waals surface area contributed by atoms with Crippen LogP contribution < -0.4 is 0 Å². The second kappa shape index (κ2) is 4.39. The van der Waals surface area contributed by atoms with Crippen LogP contribution in [0, 0.1) is 34.0 Å². The van der Waals surface area contributed by atoms with Gasteiger partial charge in [-0.3, -0.25) is 0 Å². The van der Waals surface area contributed by atoms with E-state index < -0.39 is 5.60 Å². The molecule has 0 aromatic heterocycles. The Hall–Kier alpha value is -0.340. The molecule has 1 spiro atoms. The number of hydrogen-bond acceptors (Lipinski definition) is 2. The molecular formula is C20H32O2. The van der Waals surface area contributed by atoms with Crippen LogP contribution in [0.1, 0.15) is 65.7 Å². The van der Waals surface area contributed by atoms with Gasteiger partial charge in [-0.05, 0) is 73.5 Å². The van der Waals surface area contributed by atoms with Gasteiger partial charge in [0, 0.05) is 12.5 Å². The minimum atomic E-state index is -0.511. The van der Waals surface area contributed by atoms with E-state index in [1.165, 1.54) is 38.5 Å². The summed E-state index contributed by atoms with van der Waals surface area (Å²) in [4.78, 5) is 0. The molecule has 2 bridgehead atoms. The topological polar surface area (TPSA) is 40.5 Å². The summed E-state index contributed by atoms with van der Waals surface area (Å²) in [5, 5.41) is 20.9. The summed E-state index contributed by atoms with van der Waals surface area (Å²) in [6.45, 7) is 7.19. The van der Waals surface area contributed by atoms with Gasteiger partial charge in [-0.2, -0.15) is 0 Å². The third-order valence-corrected chi connectivity index (χ3v) is 8.43. The molecule has 2 N–H and O–H groups in total. The monoisotopic (exact) mass is 304 g/mol. The van der Waals surface area contributed by atoms with E-state index in [0.717, 1.165) is 6.42 Å². The van der Waals surface area contributed by atoms with Gasteiger partial charge in [-0.15, -0.1) is 0 Å². The van der Waals surface area contributed by atoms with Crippen molar-refractivity contribution >= 4 is 0 Å². The Bertz CT molecular complexity index is 510. The Morgan fingerprint density at radius 2 is 1.86 bits per heavy atom. The van der Waals surface area contributed by atoms with Gasteiger partial charge >= 0.3 is 0 Å². The minimum absolute atomic E-state index is 0.0976. The molecule has 0 radical (unpaired) electrons. The molecule has 0 heterocycles. The van der Waals surface area contributed by atoms with Crippen molar-refractivity contribution in [3.63, 3.8) is 0 Å². The number of aliphatic hydroxyl groups is 2. The second-order valence-electron chi connectivity index (χ2n) is 9.83. The maximum atomic E-state index is 10.8. The average molecular weight is 304 g/mol. The minimum Gasteiger partial charge on any atom is -0.396 e. The number of aliphatic hydroxyl groups excluding tert-OH is 1. The van der Waals surface area contributed by atoms with Crippen molar-refractivity contribution in [3.8, 4) is 0 Å². The first-order chi connectivity index (χ1) is 10.3. The fourth-order valence-corrected chi connectivity index (χ4v) is 7.49. The summed E-state index contributed by atoms with van der Waals surface area (Å²) in [5.74, 6) is 1.58. The van der Waals surface area contributed by atoms with Crippen molar-refractivity contribution in [2.75, 3.05) is 6.61 Å². The Morgan fingerprint density at radius 1 is 1.09 bits per heavy atom. The molecule has 3 fully saturated rings. The fraction of sp³-hybridized carbons (Fsp3) is 0.900. The number of hydrogen-bond donors (Lipinski definition) is 2. The van der Waals surface area contributed by atoms with Crippen LogP contribution in [0.25, 0.3) is 0 Å². The molecule has 0 aliphatic heterocycles. The van der Waals surface area contributed by atoms with Gasteiger partial charge in [-0.25, -0.2) is 0 Å². The van der Waals surface area contributed by atoms with Crippen molar-refractivity contribution in [1.82, 2.24) is 0 Å². The largest absolute Gasteiger partial charge is 0.396 e. The summed E-state index contributed by atoms with van der Waals surface area (Å²) in [6, 6.07) is 0. The van der Waals surface area contributed by atoms with Crippen LogP contribution in [0.3, 0.4) is 0 Å². The van der Waals surface area contributed by atoms with Crippen molar-refractivity contribution < 1.29 is 10.2 Å². The van der Waals surface area contributed by atoms with Crippen LogP contribution in [-0.4, -0.2) is 22.4 Å². The molecule has 7 atom stereocenters. The van der Waals surface area contributed by atoms with Crippen molar-refractivity contribution in [3.05, 3.63) is 12.2 Å². The van der Waals surface area contributed by atoms with E-state index in [9.17, 15) is 10.2 Å². The van der Waals surface area contributed by atoms with Crippen LogP contribution in [0.5, 0.6) is 0 Å². The summed E-state index contributed by atoms with van der Waals surface area (Å²) in [7, 11) is 0. The molecule has 4 aliphatic rings. The molecule has 0 aromatic carbocycles. The van der Waals surface area contributed by atoms with Crippen molar-refractivity contribution in [2.24, 2.45) is 34.0 Å². The molecule has 2 nitrogen and oxygen atoms in total. The number of rotatable bonds is 1. The van der Waals surface area contributed by atoms with E-state index in [1.54, 1.807) is 0 Å². The highest BCUT2D eigenvalue weighted by atomic mass is 16.3. The Kier molecular flexibility index (Phi) is 3.03. The Labute approximate surface area is 135 Å². The highest BCUT2D eigenvalue weighted by Crippen LogP contribution is 2.71. The second-order valence-corrected chi connectivity index (χ2v) is 9.83. The molecule has 2 heteroatoms. The van der Waals surface area contributed by atoms with E-state index >= 15 is 0 Å². The molecule has 124 valence electrons. The number of allylic oxidation sites excluding steroid dienone is 1. The lowest BCUT2D eigenvalue weighted by atomic mass is 9.42. The predicted molar refractivity (Wildman–Crippen MR) is 88.3 cm³/mol. The average Bonchev–Trinajstić information content (AvgIpc) is 2.63. The predicted octanol–water partition coefficient (Wildman–Crippen LogP) is 3.92. The maximum absolute atomic E-state index is 10.8. The fourth-order valence-electron chi connectivity index (χ4n) is 7.49. The molecule has 7 unspecified atom stereocenters. The van der Waals surface area contributed by atoms with Crippen LogP contribution in [-0.2, 0) is 0 Å². The summed E-state index contributed by atoms with van der Waals surface area (Å²) < 4.78 is 0. The molecule has 0 aromatic rings. The van der Waals surface area contributed by atoms with E-state index in [0.29, 0.717) is 35.2 Å². The first-order valence-corrected chi connectivity index (χ1v) is 9.27. The summed E-state index contributed by atoms with van der Waals surface area (Å²) >= 11 is 0. The quantitative estimate of drug-likeness (QED) is 0.721. The third kappa shape index (κ3) is 1.74. The zero-order chi connectivity index (χ0) is 15.8. The van der Waals surface area contributed by atoms with E-state index in [2.05, 4.69) is 26.0 Å². The molecule has 22 heavy (non-hydrogen) atoms. The highest BCUT2D eigenvalue weighted by Gasteiger charge is 2.65. The normalized spacial score (nSPS) is 60.0. The SMILES string of the molecule is CC1(O)CC23CCC4C(C)(CO)CCCC4(C)C2C=CC1C3. The molecular weight excluding hydrogens is 272 g/mol. The van der Waals surface area contributed by atoms with Gasteiger partial charge in [0.25, 0.3) is 0 Å². The van der Waals surface area contributed by atoms with Gasteiger partial charge in [0.15, 0.2) is 0 Å². The molecule has 3 saturated carbocycles. The van der Waals surface area contributed by atoms with E-state index in [-0.39, 0.29) is 5.41 Å². The molecule has 4 rings (SSSR count). The lowest BCUT2D eigenvalue weighted by molar-refractivity contribution is -0.138. The van der Waals surface area contributed by atoms with Gasteiger partial charge in [0.05, 0.1) is 5.60 Å². The van der Waals surface area contributed by atoms with Crippen LogP contribution in [0.2, 0.25) is 0 Å². The Morgan fingerprint density at radius 3 is 2.59 bits per heavy atom. The van der Waals surface area contributed by atoms with Gasteiger partial charge in [-0.1, -0.05) is 32.4 Å². The van der Waals surface area contributed by atoms with Crippen LogP contribution in [0.4, 0.5) is 0 Å². The molecule has 0 amide bonds. The van der Waals surface area contributed by atoms with Crippen molar-refractivity contribution in [1.29, 1.82) is 0 Å². The molecule has 0 saturated heterocycles. The van der Waals surface area contributed by atoms with E-state index in [1.807, 2.05) is 6.92 Å². The first-order valence-electron chi connectivity index (χ1n) is 9.27. The Balaban J connectivity index is 1.76. The summed E-state index contributed by atoms with van der Waals surface area (Å²) in [5.41, 5.74) is 0.210. The maximum Gasteiger partial charge on any atom is 0.0687 e. The standard InChI is InChI=1S/C20H32O2/c1-17(13-21)8-4-9-18(2)15(17)7-10-20-11-14(5-6-16(18)20)19(3,22)12-20/h5-6,14-16,21-22H,4,7-13H2,1-3H3. The third-order valence-electron chi connectivity index (χ3n) is 8.43. The van der Waals surface area contributed by atoms with Gasteiger partial charge in [0.1, 0.15) is 0 Å². The lowest BCUT2D eigenvalue weighted by Gasteiger charge is -2.63. The zero-order valence-electron chi connectivity index (χ0n) is 14.4. The zero-order valence-corrected chi connectivity index (χ0v) is 14.4. The number of fused-ring (bicyclic) bond motifs is 3. The molecule has 4 aliphatic carbocycles. The van der Waals surface area contributed by atoms with E-state index in [4.69, 9.17) is 0 Å². The van der Waals surface area contributed by atoms with Gasteiger partial charge in [0.2, 0.25) is 0 Å². The van der Waals surface area contributed by atoms with Crippen LogP contribution >= 0.6 is 0 Å². The lowest BCUT2D eigenvalue weighted by Crippen LogP contribution is -2.56. The van der Waals surface area contributed by atoms with Crippen molar-refractivity contribution in [2.45, 2.75) is 71.3 Å². The highest BCUT2D eigenvalue weighted by molar-refractivity contribution is 5.24.